The van der Waals surface area contributed by atoms with Crippen LogP contribution in [0.2, 0.25) is 0 Å². The number of aromatic hydroxyl groups is 1. The van der Waals surface area contributed by atoms with Crippen LogP contribution in [0, 0.1) is 6.92 Å². The van der Waals surface area contributed by atoms with E-state index in [0.717, 1.165) is 11.1 Å². The third kappa shape index (κ3) is 2.20. The van der Waals surface area contributed by atoms with Gasteiger partial charge in [0, 0.05) is 22.9 Å². The van der Waals surface area contributed by atoms with Gasteiger partial charge in [-0.05, 0) is 32.0 Å². The van der Waals surface area contributed by atoms with Gasteiger partial charge in [-0.2, -0.15) is 0 Å². The fourth-order valence-corrected chi connectivity index (χ4v) is 2.51. The standard InChI is InChI=1S/C16H15NO4/c1-3-20-16(19)14-9(2)17-7-10-8-21-13-5-4-11(18)6-12(13)15(10)14/h4-7,18H,3,8H2,1-2H3. The van der Waals surface area contributed by atoms with Crippen molar-refractivity contribution in [2.45, 2.75) is 20.5 Å². The number of phenolic OH excluding ortho intramolecular Hbond substituents is 1. The van der Waals surface area contributed by atoms with Gasteiger partial charge in [0.2, 0.25) is 0 Å². The molecule has 0 aliphatic carbocycles. The number of pyridine rings is 1. The SMILES string of the molecule is CCOC(=O)c1c(C)ncc2c1-c1cc(O)ccc1OC2. The Labute approximate surface area is 122 Å². The summed E-state index contributed by atoms with van der Waals surface area (Å²) in [7, 11) is 0. The van der Waals surface area contributed by atoms with Gasteiger partial charge in [-0.1, -0.05) is 0 Å². The summed E-state index contributed by atoms with van der Waals surface area (Å²) in [5, 5.41) is 9.73. The van der Waals surface area contributed by atoms with E-state index in [-0.39, 0.29) is 5.75 Å². The summed E-state index contributed by atoms with van der Waals surface area (Å²) in [6.45, 7) is 4.17. The lowest BCUT2D eigenvalue weighted by Gasteiger charge is -2.23. The molecule has 0 saturated carbocycles. The topological polar surface area (TPSA) is 68.7 Å². The van der Waals surface area contributed by atoms with Gasteiger partial charge in [0.1, 0.15) is 18.1 Å². The van der Waals surface area contributed by atoms with Crippen molar-refractivity contribution in [2.75, 3.05) is 6.61 Å². The Bertz CT molecular complexity index is 724. The number of rotatable bonds is 2. The molecular formula is C16H15NO4. The van der Waals surface area contributed by atoms with E-state index in [9.17, 15) is 9.90 Å². The molecule has 0 spiro atoms. The molecule has 5 heteroatoms. The Morgan fingerprint density at radius 2 is 2.29 bits per heavy atom. The van der Waals surface area contributed by atoms with E-state index in [1.807, 2.05) is 0 Å². The van der Waals surface area contributed by atoms with Crippen LogP contribution in [-0.2, 0) is 11.3 Å². The van der Waals surface area contributed by atoms with Crippen molar-refractivity contribution < 1.29 is 19.4 Å². The highest BCUT2D eigenvalue weighted by atomic mass is 16.5. The number of fused-ring (bicyclic) bond motifs is 3. The van der Waals surface area contributed by atoms with Gasteiger partial charge in [0.05, 0.1) is 17.9 Å². The molecule has 1 aromatic carbocycles. The average molecular weight is 285 g/mol. The van der Waals surface area contributed by atoms with Gasteiger partial charge >= 0.3 is 5.97 Å². The van der Waals surface area contributed by atoms with Crippen molar-refractivity contribution in [3.05, 3.63) is 41.2 Å². The number of aromatic nitrogens is 1. The lowest BCUT2D eigenvalue weighted by atomic mass is 9.92. The van der Waals surface area contributed by atoms with Gasteiger partial charge in [0.15, 0.2) is 0 Å². The molecule has 0 unspecified atom stereocenters. The van der Waals surface area contributed by atoms with E-state index in [2.05, 4.69) is 4.98 Å². The largest absolute Gasteiger partial charge is 0.508 e. The van der Waals surface area contributed by atoms with Crippen LogP contribution in [-0.4, -0.2) is 22.7 Å². The number of phenols is 1. The Morgan fingerprint density at radius 1 is 1.48 bits per heavy atom. The van der Waals surface area contributed by atoms with Crippen molar-refractivity contribution in [1.82, 2.24) is 4.98 Å². The van der Waals surface area contributed by atoms with Crippen LogP contribution in [0.1, 0.15) is 28.5 Å². The Hall–Kier alpha value is -2.56. The third-order valence-electron chi connectivity index (χ3n) is 3.44. The quantitative estimate of drug-likeness (QED) is 0.859. The van der Waals surface area contributed by atoms with Crippen molar-refractivity contribution in [1.29, 1.82) is 0 Å². The number of carbonyl (C=O) groups is 1. The Kier molecular flexibility index (Phi) is 3.25. The molecule has 1 aromatic heterocycles. The summed E-state index contributed by atoms with van der Waals surface area (Å²) < 4.78 is 10.8. The minimum absolute atomic E-state index is 0.120. The first-order chi connectivity index (χ1) is 10.1. The predicted octanol–water partition coefficient (Wildman–Crippen LogP) is 2.83. The van der Waals surface area contributed by atoms with Crippen molar-refractivity contribution in [3.63, 3.8) is 0 Å². The van der Waals surface area contributed by atoms with E-state index in [0.29, 0.717) is 35.8 Å². The molecule has 5 nitrogen and oxygen atoms in total. The molecule has 2 aromatic rings. The first-order valence-corrected chi connectivity index (χ1v) is 6.73. The molecule has 108 valence electrons. The molecule has 3 rings (SSSR count). The van der Waals surface area contributed by atoms with Crippen molar-refractivity contribution >= 4 is 5.97 Å². The molecule has 2 heterocycles. The number of benzene rings is 1. The van der Waals surface area contributed by atoms with E-state index in [1.165, 1.54) is 0 Å². The molecule has 1 aliphatic rings. The normalized spacial score (nSPS) is 12.1. The molecular weight excluding hydrogens is 270 g/mol. The van der Waals surface area contributed by atoms with E-state index < -0.39 is 5.97 Å². The number of ether oxygens (including phenoxy) is 2. The maximum Gasteiger partial charge on any atom is 0.340 e. The number of nitrogens with zero attached hydrogens (tertiary/aromatic N) is 1. The summed E-state index contributed by atoms with van der Waals surface area (Å²) in [4.78, 5) is 16.5. The van der Waals surface area contributed by atoms with Crippen LogP contribution in [0.25, 0.3) is 11.1 Å². The second-order valence-corrected chi connectivity index (χ2v) is 4.81. The van der Waals surface area contributed by atoms with E-state index in [4.69, 9.17) is 9.47 Å². The number of carbonyl (C=O) groups excluding carboxylic acids is 1. The lowest BCUT2D eigenvalue weighted by molar-refractivity contribution is 0.0525. The first kappa shape index (κ1) is 13.4. The third-order valence-corrected chi connectivity index (χ3v) is 3.44. The van der Waals surface area contributed by atoms with Crippen LogP contribution in [0.4, 0.5) is 0 Å². The van der Waals surface area contributed by atoms with Crippen LogP contribution in [0.15, 0.2) is 24.4 Å². The van der Waals surface area contributed by atoms with Gasteiger partial charge in [-0.25, -0.2) is 4.79 Å². The maximum absolute atomic E-state index is 12.3. The minimum Gasteiger partial charge on any atom is -0.508 e. The van der Waals surface area contributed by atoms with Crippen molar-refractivity contribution in [3.8, 4) is 22.6 Å². The molecule has 0 bridgehead atoms. The summed E-state index contributed by atoms with van der Waals surface area (Å²) in [5.74, 6) is 0.349. The average Bonchev–Trinajstić information content (AvgIpc) is 2.47. The highest BCUT2D eigenvalue weighted by Gasteiger charge is 2.26. The molecule has 0 atom stereocenters. The predicted molar refractivity (Wildman–Crippen MR) is 76.4 cm³/mol. The molecule has 1 N–H and O–H groups in total. The first-order valence-electron chi connectivity index (χ1n) is 6.73. The van der Waals surface area contributed by atoms with Gasteiger partial charge in [0.25, 0.3) is 0 Å². The Balaban J connectivity index is 2.27. The molecule has 0 radical (unpaired) electrons. The van der Waals surface area contributed by atoms with Gasteiger partial charge in [-0.3, -0.25) is 4.98 Å². The minimum atomic E-state index is -0.407. The highest BCUT2D eigenvalue weighted by Crippen LogP contribution is 2.41. The number of hydrogen-bond donors (Lipinski definition) is 1. The second kappa shape index (κ2) is 5.09. The van der Waals surface area contributed by atoms with Crippen LogP contribution < -0.4 is 4.74 Å². The maximum atomic E-state index is 12.3. The summed E-state index contributed by atoms with van der Waals surface area (Å²) in [5.41, 5.74) is 3.26. The fraction of sp³-hybridized carbons (Fsp3) is 0.250. The fourth-order valence-electron chi connectivity index (χ4n) is 2.51. The molecule has 0 saturated heterocycles. The van der Waals surface area contributed by atoms with Gasteiger partial charge in [-0.15, -0.1) is 0 Å². The van der Waals surface area contributed by atoms with Crippen LogP contribution in [0.5, 0.6) is 11.5 Å². The van der Waals surface area contributed by atoms with Crippen LogP contribution >= 0.6 is 0 Å². The second-order valence-electron chi connectivity index (χ2n) is 4.81. The smallest absolute Gasteiger partial charge is 0.340 e. The zero-order valence-corrected chi connectivity index (χ0v) is 11.8. The number of hydrogen-bond acceptors (Lipinski definition) is 5. The molecule has 1 aliphatic heterocycles. The van der Waals surface area contributed by atoms with Crippen molar-refractivity contribution in [2.24, 2.45) is 0 Å². The van der Waals surface area contributed by atoms with E-state index >= 15 is 0 Å². The zero-order chi connectivity index (χ0) is 15.0. The summed E-state index contributed by atoms with van der Waals surface area (Å²) >= 11 is 0. The number of aryl methyl sites for hydroxylation is 1. The summed E-state index contributed by atoms with van der Waals surface area (Å²) in [6, 6.07) is 4.84. The monoisotopic (exact) mass is 285 g/mol. The van der Waals surface area contributed by atoms with Crippen LogP contribution in [0.3, 0.4) is 0 Å². The highest BCUT2D eigenvalue weighted by molar-refractivity contribution is 6.00. The number of esters is 1. The molecule has 0 fully saturated rings. The van der Waals surface area contributed by atoms with Gasteiger partial charge < -0.3 is 14.6 Å². The summed E-state index contributed by atoms with van der Waals surface area (Å²) in [6.07, 6.45) is 1.69. The molecule has 0 amide bonds. The Morgan fingerprint density at radius 3 is 3.05 bits per heavy atom. The zero-order valence-electron chi connectivity index (χ0n) is 11.8. The lowest BCUT2D eigenvalue weighted by Crippen LogP contribution is -2.15. The molecule has 21 heavy (non-hydrogen) atoms. The van der Waals surface area contributed by atoms with E-state index in [1.54, 1.807) is 38.2 Å².